The molecule has 1 aromatic carbocycles. The highest BCUT2D eigenvalue weighted by molar-refractivity contribution is 7.91. The van der Waals surface area contributed by atoms with Gasteiger partial charge in [-0.25, -0.2) is 8.42 Å². The average molecular weight is 365 g/mol. The van der Waals surface area contributed by atoms with E-state index < -0.39 is 21.9 Å². The van der Waals surface area contributed by atoms with Crippen LogP contribution in [0.5, 0.6) is 5.75 Å². The van der Waals surface area contributed by atoms with E-state index in [9.17, 15) is 21.6 Å². The van der Waals surface area contributed by atoms with Gasteiger partial charge in [-0.3, -0.25) is 4.99 Å². The predicted octanol–water partition coefficient (Wildman–Crippen LogP) is 2.14. The van der Waals surface area contributed by atoms with Crippen molar-refractivity contribution >= 4 is 21.5 Å². The molecule has 2 rings (SSSR count). The highest BCUT2D eigenvalue weighted by Gasteiger charge is 2.32. The lowest BCUT2D eigenvalue weighted by Gasteiger charge is -2.20. The second-order valence-corrected chi connectivity index (χ2v) is 7.79. The molecule has 0 bridgehead atoms. The Hall–Kier alpha value is -1.97. The van der Waals surface area contributed by atoms with Gasteiger partial charge in [-0.15, -0.1) is 13.2 Å². The number of hydrogen-bond donors (Lipinski definition) is 2. The molecular weight excluding hydrogens is 347 g/mol. The first kappa shape index (κ1) is 18.4. The summed E-state index contributed by atoms with van der Waals surface area (Å²) in [6.45, 7) is 0.316. The van der Waals surface area contributed by atoms with Crippen molar-refractivity contribution in [3.8, 4) is 5.75 Å². The molecule has 0 atom stereocenters. The molecule has 0 radical (unpaired) electrons. The molecule has 134 valence electrons. The van der Waals surface area contributed by atoms with Gasteiger partial charge in [-0.1, -0.05) is 12.1 Å². The van der Waals surface area contributed by atoms with Crippen LogP contribution in [0.15, 0.2) is 29.3 Å². The lowest BCUT2D eigenvalue weighted by Crippen LogP contribution is -2.28. The summed E-state index contributed by atoms with van der Waals surface area (Å²) in [5.41, 5.74) is 5.74. The topological polar surface area (TPSA) is 93.8 Å². The van der Waals surface area contributed by atoms with E-state index in [0.29, 0.717) is 19.4 Å². The summed E-state index contributed by atoms with van der Waals surface area (Å²) in [6, 6.07) is 5.48. The first-order valence-corrected chi connectivity index (χ1v) is 9.09. The molecule has 1 heterocycles. The van der Waals surface area contributed by atoms with Crippen LogP contribution in [0, 0.1) is 5.92 Å². The van der Waals surface area contributed by atoms with E-state index in [1.54, 1.807) is 0 Å². The third kappa shape index (κ3) is 5.91. The van der Waals surface area contributed by atoms with Crippen LogP contribution in [0.2, 0.25) is 0 Å². The molecule has 24 heavy (non-hydrogen) atoms. The Morgan fingerprint density at radius 2 is 1.92 bits per heavy atom. The van der Waals surface area contributed by atoms with Gasteiger partial charge in [0.25, 0.3) is 0 Å². The predicted molar refractivity (Wildman–Crippen MR) is 84.6 cm³/mol. The van der Waals surface area contributed by atoms with Crippen molar-refractivity contribution in [2.24, 2.45) is 16.6 Å². The van der Waals surface area contributed by atoms with E-state index in [4.69, 9.17) is 5.73 Å². The number of benzene rings is 1. The van der Waals surface area contributed by atoms with Crippen molar-refractivity contribution in [2.45, 2.75) is 19.2 Å². The van der Waals surface area contributed by atoms with Crippen LogP contribution in [0.25, 0.3) is 0 Å². The number of ether oxygens (including phenoxy) is 1. The molecule has 0 unspecified atom stereocenters. The normalized spacial score (nSPS) is 19.0. The molecule has 1 aromatic rings. The number of rotatable bonds is 4. The van der Waals surface area contributed by atoms with Gasteiger partial charge in [0.1, 0.15) is 9.84 Å². The molecule has 1 aliphatic heterocycles. The Balaban J connectivity index is 1.96. The number of nitrogens with two attached hydrogens (primary N) is 1. The fraction of sp³-hybridized carbons (Fsp3) is 0.500. The second-order valence-electron chi connectivity index (χ2n) is 5.49. The third-order valence-corrected chi connectivity index (χ3v) is 5.28. The molecule has 1 fully saturated rings. The maximum atomic E-state index is 12.4. The number of aliphatic imine (C=N–C) groups is 1. The minimum atomic E-state index is -4.81. The van der Waals surface area contributed by atoms with Crippen LogP contribution in [0.3, 0.4) is 0 Å². The molecule has 10 heteroatoms. The number of hydrogen-bond acceptors (Lipinski definition) is 4. The molecule has 3 N–H and O–H groups in total. The molecule has 0 amide bonds. The van der Waals surface area contributed by atoms with Crippen LogP contribution >= 0.6 is 0 Å². The standard InChI is InChI=1S/C14H18F3N3O3S/c15-14(16,17)23-12-4-2-1-3-11(12)20-13(18)19-9-10-5-7-24(21,22)8-6-10/h1-4,10H,5-9H2,(H3,18,19,20). The Bertz CT molecular complexity index is 691. The van der Waals surface area contributed by atoms with Gasteiger partial charge in [0.05, 0.1) is 17.2 Å². The largest absolute Gasteiger partial charge is 0.573 e. The van der Waals surface area contributed by atoms with Gasteiger partial charge >= 0.3 is 6.36 Å². The van der Waals surface area contributed by atoms with Crippen LogP contribution in [0.4, 0.5) is 18.9 Å². The SMILES string of the molecule is NC(=NCC1CCS(=O)(=O)CC1)Nc1ccccc1OC(F)(F)F. The zero-order valence-electron chi connectivity index (χ0n) is 12.7. The van der Waals surface area contributed by atoms with Crippen molar-refractivity contribution in [2.75, 3.05) is 23.4 Å². The number of guanidine groups is 1. The molecule has 0 spiro atoms. The van der Waals surface area contributed by atoms with Gasteiger partial charge in [-0.05, 0) is 30.9 Å². The van der Waals surface area contributed by atoms with E-state index in [2.05, 4.69) is 15.0 Å². The second kappa shape index (κ2) is 7.29. The summed E-state index contributed by atoms with van der Waals surface area (Å²) in [5, 5.41) is 2.57. The molecule has 1 aliphatic rings. The molecular formula is C14H18F3N3O3S. The van der Waals surface area contributed by atoms with Gasteiger partial charge in [-0.2, -0.15) is 0 Å². The zero-order chi connectivity index (χ0) is 17.8. The van der Waals surface area contributed by atoms with E-state index >= 15 is 0 Å². The number of para-hydroxylation sites is 2. The highest BCUT2D eigenvalue weighted by atomic mass is 32.2. The number of sulfone groups is 1. The van der Waals surface area contributed by atoms with Crippen molar-refractivity contribution in [3.63, 3.8) is 0 Å². The van der Waals surface area contributed by atoms with E-state index in [0.717, 1.165) is 6.07 Å². The first-order chi connectivity index (χ1) is 11.1. The first-order valence-electron chi connectivity index (χ1n) is 7.27. The van der Waals surface area contributed by atoms with Crippen molar-refractivity contribution in [3.05, 3.63) is 24.3 Å². The molecule has 6 nitrogen and oxygen atoms in total. The molecule has 0 aromatic heterocycles. The Labute approximate surface area is 137 Å². The maximum Gasteiger partial charge on any atom is 0.573 e. The maximum absolute atomic E-state index is 12.4. The summed E-state index contributed by atoms with van der Waals surface area (Å²) in [7, 11) is -2.94. The number of halogens is 3. The Morgan fingerprint density at radius 1 is 1.29 bits per heavy atom. The highest BCUT2D eigenvalue weighted by Crippen LogP contribution is 2.29. The van der Waals surface area contributed by atoms with E-state index in [-0.39, 0.29) is 29.1 Å². The summed E-state index contributed by atoms with van der Waals surface area (Å²) in [4.78, 5) is 4.08. The summed E-state index contributed by atoms with van der Waals surface area (Å²) >= 11 is 0. The van der Waals surface area contributed by atoms with Crippen LogP contribution < -0.4 is 15.8 Å². The van der Waals surface area contributed by atoms with Crippen molar-refractivity contribution < 1.29 is 26.3 Å². The van der Waals surface area contributed by atoms with Gasteiger partial charge in [0, 0.05) is 6.54 Å². The summed E-state index contributed by atoms with van der Waals surface area (Å²) < 4.78 is 63.7. The number of alkyl halides is 3. The lowest BCUT2D eigenvalue weighted by atomic mass is 10.0. The number of nitrogens with one attached hydrogen (secondary N) is 1. The van der Waals surface area contributed by atoms with E-state index in [1.807, 2.05) is 0 Å². The monoisotopic (exact) mass is 365 g/mol. The van der Waals surface area contributed by atoms with Gasteiger partial charge < -0.3 is 15.8 Å². The van der Waals surface area contributed by atoms with Crippen molar-refractivity contribution in [1.29, 1.82) is 0 Å². The fourth-order valence-corrected chi connectivity index (χ4v) is 3.90. The van der Waals surface area contributed by atoms with Crippen LogP contribution in [-0.4, -0.2) is 38.8 Å². The minimum absolute atomic E-state index is 0.0438. The molecule has 0 aliphatic carbocycles. The summed E-state index contributed by atoms with van der Waals surface area (Å²) in [5.74, 6) is -0.116. The molecule has 0 saturated carbocycles. The fourth-order valence-electron chi connectivity index (χ4n) is 2.31. The minimum Gasteiger partial charge on any atom is -0.404 e. The number of anilines is 1. The number of nitrogens with zero attached hydrogens (tertiary/aromatic N) is 1. The Kier molecular flexibility index (Phi) is 5.58. The molecule has 1 saturated heterocycles. The van der Waals surface area contributed by atoms with Crippen LogP contribution in [0.1, 0.15) is 12.8 Å². The Morgan fingerprint density at radius 3 is 2.54 bits per heavy atom. The quantitative estimate of drug-likeness (QED) is 0.630. The van der Waals surface area contributed by atoms with Gasteiger partial charge in [0.2, 0.25) is 0 Å². The average Bonchev–Trinajstić information content (AvgIpc) is 2.47. The van der Waals surface area contributed by atoms with Crippen LogP contribution in [-0.2, 0) is 9.84 Å². The lowest BCUT2D eigenvalue weighted by molar-refractivity contribution is -0.274. The smallest absolute Gasteiger partial charge is 0.404 e. The zero-order valence-corrected chi connectivity index (χ0v) is 13.5. The van der Waals surface area contributed by atoms with Gasteiger partial charge in [0.15, 0.2) is 11.7 Å². The third-order valence-electron chi connectivity index (χ3n) is 3.57. The summed E-state index contributed by atoms with van der Waals surface area (Å²) in [6.07, 6.45) is -3.79. The van der Waals surface area contributed by atoms with Crippen molar-refractivity contribution in [1.82, 2.24) is 0 Å². The van der Waals surface area contributed by atoms with E-state index in [1.165, 1.54) is 18.2 Å².